The number of nitriles is 1. The summed E-state index contributed by atoms with van der Waals surface area (Å²) in [6.45, 7) is 0. The molecule has 0 unspecified atom stereocenters. The lowest BCUT2D eigenvalue weighted by atomic mass is 10.0. The number of hydrogen-bond donors (Lipinski definition) is 0. The van der Waals surface area contributed by atoms with Crippen molar-refractivity contribution in [3.8, 4) is 11.8 Å². The molecule has 94 valence electrons. The Morgan fingerprint density at radius 1 is 1.16 bits per heavy atom. The number of ether oxygens (including phenoxy) is 1. The standard InChI is InChI=1S/C16H12INO/c1-19-16-5-3-2-4-13(16)10-14(11-18)12-6-8-15(17)9-7-12/h2-10H,1H3/b14-10-. The normalized spacial score (nSPS) is 10.9. The van der Waals surface area contributed by atoms with E-state index in [2.05, 4.69) is 28.7 Å². The van der Waals surface area contributed by atoms with E-state index in [-0.39, 0.29) is 0 Å². The summed E-state index contributed by atoms with van der Waals surface area (Å²) in [6.07, 6.45) is 1.85. The van der Waals surface area contributed by atoms with E-state index < -0.39 is 0 Å². The summed E-state index contributed by atoms with van der Waals surface area (Å²) in [5.74, 6) is 0.765. The van der Waals surface area contributed by atoms with Crippen LogP contribution in [0.15, 0.2) is 48.5 Å². The van der Waals surface area contributed by atoms with Crippen molar-refractivity contribution in [3.63, 3.8) is 0 Å². The molecule has 0 spiro atoms. The second kappa shape index (κ2) is 6.39. The molecule has 0 N–H and O–H groups in total. The van der Waals surface area contributed by atoms with Crippen LogP contribution in [0.4, 0.5) is 0 Å². The van der Waals surface area contributed by atoms with E-state index in [0.29, 0.717) is 5.57 Å². The lowest BCUT2D eigenvalue weighted by molar-refractivity contribution is 0.414. The van der Waals surface area contributed by atoms with Crippen LogP contribution in [0.1, 0.15) is 11.1 Å². The van der Waals surface area contributed by atoms with Gasteiger partial charge in [-0.1, -0.05) is 30.3 Å². The third-order valence-electron chi connectivity index (χ3n) is 2.71. The summed E-state index contributed by atoms with van der Waals surface area (Å²) >= 11 is 2.24. The number of halogens is 1. The van der Waals surface area contributed by atoms with Crippen LogP contribution < -0.4 is 4.74 Å². The quantitative estimate of drug-likeness (QED) is 0.462. The number of allylic oxidation sites excluding steroid dienone is 1. The maximum atomic E-state index is 9.31. The highest BCUT2D eigenvalue weighted by molar-refractivity contribution is 14.1. The van der Waals surface area contributed by atoms with Gasteiger partial charge in [0.15, 0.2) is 0 Å². The Morgan fingerprint density at radius 3 is 2.47 bits per heavy atom. The fourth-order valence-electron chi connectivity index (χ4n) is 1.75. The second-order valence-corrected chi connectivity index (χ2v) is 5.16. The van der Waals surface area contributed by atoms with Gasteiger partial charge in [0.25, 0.3) is 0 Å². The molecule has 0 radical (unpaired) electrons. The van der Waals surface area contributed by atoms with Crippen molar-refractivity contribution in [1.29, 1.82) is 5.26 Å². The first-order valence-electron chi connectivity index (χ1n) is 5.75. The fourth-order valence-corrected chi connectivity index (χ4v) is 2.11. The highest BCUT2D eigenvalue weighted by Gasteiger charge is 2.04. The Kier molecular flexibility index (Phi) is 4.58. The Labute approximate surface area is 126 Å². The molecule has 0 aliphatic carbocycles. The predicted molar refractivity (Wildman–Crippen MR) is 85.6 cm³/mol. The topological polar surface area (TPSA) is 33.0 Å². The van der Waals surface area contributed by atoms with Gasteiger partial charge in [0.2, 0.25) is 0 Å². The number of hydrogen-bond acceptors (Lipinski definition) is 2. The van der Waals surface area contributed by atoms with E-state index in [1.165, 1.54) is 0 Å². The van der Waals surface area contributed by atoms with Crippen LogP contribution in [-0.4, -0.2) is 7.11 Å². The summed E-state index contributed by atoms with van der Waals surface area (Å²) < 4.78 is 6.44. The van der Waals surface area contributed by atoms with E-state index in [1.54, 1.807) is 7.11 Å². The Morgan fingerprint density at radius 2 is 1.84 bits per heavy atom. The van der Waals surface area contributed by atoms with Crippen molar-refractivity contribution in [3.05, 3.63) is 63.2 Å². The molecule has 2 aromatic rings. The number of benzene rings is 2. The molecule has 0 aliphatic rings. The smallest absolute Gasteiger partial charge is 0.126 e. The van der Waals surface area contributed by atoms with Crippen LogP contribution in [-0.2, 0) is 0 Å². The summed E-state index contributed by atoms with van der Waals surface area (Å²) in [5.41, 5.74) is 2.44. The van der Waals surface area contributed by atoms with Crippen LogP contribution in [0.2, 0.25) is 0 Å². The van der Waals surface area contributed by atoms with Crippen LogP contribution in [0.25, 0.3) is 11.6 Å². The lowest BCUT2D eigenvalue weighted by Crippen LogP contribution is -1.87. The van der Waals surface area contributed by atoms with Crippen molar-refractivity contribution in [2.75, 3.05) is 7.11 Å². The average molecular weight is 361 g/mol. The molecule has 2 rings (SSSR count). The molecule has 0 aliphatic heterocycles. The van der Waals surface area contributed by atoms with E-state index >= 15 is 0 Å². The third kappa shape index (κ3) is 3.36. The maximum Gasteiger partial charge on any atom is 0.126 e. The summed E-state index contributed by atoms with van der Waals surface area (Å²) in [7, 11) is 1.63. The van der Waals surface area contributed by atoms with Crippen LogP contribution in [0.3, 0.4) is 0 Å². The molecular weight excluding hydrogens is 349 g/mol. The molecule has 2 aromatic carbocycles. The molecule has 0 amide bonds. The molecule has 2 nitrogen and oxygen atoms in total. The van der Waals surface area contributed by atoms with Gasteiger partial charge < -0.3 is 4.74 Å². The minimum atomic E-state index is 0.626. The summed E-state index contributed by atoms with van der Waals surface area (Å²) in [5, 5.41) is 9.31. The molecule has 3 heteroatoms. The highest BCUT2D eigenvalue weighted by Crippen LogP contribution is 2.24. The number of rotatable bonds is 3. The van der Waals surface area contributed by atoms with Crippen LogP contribution >= 0.6 is 22.6 Å². The SMILES string of the molecule is COc1ccccc1/C=C(/C#N)c1ccc(I)cc1. The molecule has 0 heterocycles. The number of methoxy groups -OCH3 is 1. The Hall–Kier alpha value is -1.80. The third-order valence-corrected chi connectivity index (χ3v) is 3.43. The van der Waals surface area contributed by atoms with Gasteiger partial charge in [-0.3, -0.25) is 0 Å². The zero-order valence-electron chi connectivity index (χ0n) is 10.4. The van der Waals surface area contributed by atoms with Gasteiger partial charge in [0.1, 0.15) is 5.75 Å². The lowest BCUT2D eigenvalue weighted by Gasteiger charge is -2.05. The molecular formula is C16H12INO. The largest absolute Gasteiger partial charge is 0.496 e. The van der Waals surface area contributed by atoms with Crippen LogP contribution in [0, 0.1) is 14.9 Å². The summed E-state index contributed by atoms with van der Waals surface area (Å²) in [6, 6.07) is 17.8. The Bertz CT molecular complexity index is 639. The zero-order chi connectivity index (χ0) is 13.7. The minimum Gasteiger partial charge on any atom is -0.496 e. The van der Waals surface area contributed by atoms with Gasteiger partial charge >= 0.3 is 0 Å². The average Bonchev–Trinajstić information content (AvgIpc) is 2.46. The Balaban J connectivity index is 2.44. The van der Waals surface area contributed by atoms with Crippen molar-refractivity contribution in [2.24, 2.45) is 0 Å². The monoisotopic (exact) mass is 361 g/mol. The van der Waals surface area contributed by atoms with E-state index in [0.717, 1.165) is 20.4 Å². The van der Waals surface area contributed by atoms with Crippen LogP contribution in [0.5, 0.6) is 5.75 Å². The van der Waals surface area contributed by atoms with Gasteiger partial charge in [-0.15, -0.1) is 0 Å². The van der Waals surface area contributed by atoms with Gasteiger partial charge in [-0.25, -0.2) is 0 Å². The van der Waals surface area contributed by atoms with E-state index in [9.17, 15) is 5.26 Å². The fraction of sp³-hybridized carbons (Fsp3) is 0.0625. The van der Waals surface area contributed by atoms with Gasteiger partial charge in [0.05, 0.1) is 18.8 Å². The molecule has 0 bridgehead atoms. The van der Waals surface area contributed by atoms with Crippen molar-refractivity contribution in [1.82, 2.24) is 0 Å². The summed E-state index contributed by atoms with van der Waals surface area (Å²) in [4.78, 5) is 0. The highest BCUT2D eigenvalue weighted by atomic mass is 127. The predicted octanol–water partition coefficient (Wildman–Crippen LogP) is 4.36. The first-order chi connectivity index (χ1) is 9.24. The first-order valence-corrected chi connectivity index (χ1v) is 6.83. The van der Waals surface area contributed by atoms with Crippen molar-refractivity contribution >= 4 is 34.2 Å². The maximum absolute atomic E-state index is 9.31. The number of nitrogens with zero attached hydrogens (tertiary/aromatic N) is 1. The zero-order valence-corrected chi connectivity index (χ0v) is 12.6. The van der Waals surface area contributed by atoms with Gasteiger partial charge in [-0.2, -0.15) is 5.26 Å². The van der Waals surface area contributed by atoms with Gasteiger partial charge in [-0.05, 0) is 52.4 Å². The first kappa shape index (κ1) is 13.6. The molecule has 0 aromatic heterocycles. The van der Waals surface area contributed by atoms with Crippen molar-refractivity contribution in [2.45, 2.75) is 0 Å². The second-order valence-electron chi connectivity index (χ2n) is 3.92. The molecule has 0 atom stereocenters. The minimum absolute atomic E-state index is 0.626. The van der Waals surface area contributed by atoms with E-state index in [4.69, 9.17) is 4.74 Å². The van der Waals surface area contributed by atoms with Crippen molar-refractivity contribution < 1.29 is 4.74 Å². The molecule has 0 saturated heterocycles. The molecule has 19 heavy (non-hydrogen) atoms. The number of para-hydroxylation sites is 1. The molecule has 0 fully saturated rings. The van der Waals surface area contributed by atoms with E-state index in [1.807, 2.05) is 54.6 Å². The van der Waals surface area contributed by atoms with Gasteiger partial charge in [0, 0.05) is 9.13 Å². The molecule has 0 saturated carbocycles.